The van der Waals surface area contributed by atoms with Gasteiger partial charge in [0.15, 0.2) is 0 Å². The number of carboxylic acid groups (broad SMARTS) is 1. The monoisotopic (exact) mass is 325 g/mol. The molecule has 1 rings (SSSR count). The summed E-state index contributed by atoms with van der Waals surface area (Å²) in [6.07, 6.45) is 1.29. The van der Waals surface area contributed by atoms with E-state index < -0.39 is 5.97 Å². The van der Waals surface area contributed by atoms with Crippen molar-refractivity contribution in [2.24, 2.45) is 0 Å². The van der Waals surface area contributed by atoms with Crippen molar-refractivity contribution in [2.75, 3.05) is 32.2 Å². The number of unbranched alkanes of at least 4 members (excludes halogenated alkanes) is 1. The van der Waals surface area contributed by atoms with Gasteiger partial charge in [-0.05, 0) is 37.1 Å². The van der Waals surface area contributed by atoms with Crippen molar-refractivity contribution in [2.45, 2.75) is 25.7 Å². The zero-order chi connectivity index (χ0) is 16.9. The van der Waals surface area contributed by atoms with Gasteiger partial charge in [0.05, 0.1) is 13.2 Å². The van der Waals surface area contributed by atoms with Crippen molar-refractivity contribution in [3.05, 3.63) is 24.3 Å². The van der Waals surface area contributed by atoms with Crippen LogP contribution in [-0.4, -0.2) is 43.5 Å². The molecule has 0 saturated heterocycles. The molecule has 0 amide bonds. The lowest BCUT2D eigenvalue weighted by molar-refractivity contribution is -0.145. The summed E-state index contributed by atoms with van der Waals surface area (Å²) in [5.74, 6) is -0.472. The molecule has 0 aromatic heterocycles. The lowest BCUT2D eigenvalue weighted by Gasteiger charge is -2.08. The maximum atomic E-state index is 11.3. The predicted molar refractivity (Wildman–Crippen MR) is 84.2 cm³/mol. The third kappa shape index (κ3) is 10.1. The van der Waals surface area contributed by atoms with Crippen LogP contribution in [0.2, 0.25) is 0 Å². The van der Waals surface area contributed by atoms with E-state index in [4.69, 9.17) is 25.1 Å². The molecule has 0 heterocycles. The van der Waals surface area contributed by atoms with Gasteiger partial charge in [-0.3, -0.25) is 9.59 Å². The van der Waals surface area contributed by atoms with E-state index in [0.29, 0.717) is 38.3 Å². The van der Waals surface area contributed by atoms with Gasteiger partial charge in [0.25, 0.3) is 0 Å². The Morgan fingerprint density at radius 1 is 0.957 bits per heavy atom. The highest BCUT2D eigenvalue weighted by atomic mass is 16.6. The zero-order valence-electron chi connectivity index (χ0n) is 13.0. The quantitative estimate of drug-likeness (QED) is 0.343. The largest absolute Gasteiger partial charge is 0.491 e. The van der Waals surface area contributed by atoms with Crippen LogP contribution >= 0.6 is 0 Å². The van der Waals surface area contributed by atoms with Crippen molar-refractivity contribution in [1.82, 2.24) is 0 Å². The van der Waals surface area contributed by atoms with Crippen LogP contribution in [0.4, 0.5) is 5.69 Å². The molecule has 0 aliphatic carbocycles. The van der Waals surface area contributed by atoms with Crippen molar-refractivity contribution in [3.8, 4) is 5.75 Å². The minimum absolute atomic E-state index is 0.0738. The number of nitrogen functional groups attached to an aromatic ring is 1. The van der Waals surface area contributed by atoms with E-state index in [1.54, 1.807) is 24.3 Å². The molecular formula is C16H23NO6. The van der Waals surface area contributed by atoms with Crippen LogP contribution in [0.1, 0.15) is 25.7 Å². The van der Waals surface area contributed by atoms with Crippen molar-refractivity contribution >= 4 is 17.6 Å². The van der Waals surface area contributed by atoms with Crippen LogP contribution in [0, 0.1) is 0 Å². The summed E-state index contributed by atoms with van der Waals surface area (Å²) >= 11 is 0. The minimum atomic E-state index is -0.854. The van der Waals surface area contributed by atoms with Crippen molar-refractivity contribution < 1.29 is 28.9 Å². The molecule has 0 spiro atoms. The van der Waals surface area contributed by atoms with Crippen LogP contribution in [0.5, 0.6) is 5.75 Å². The van der Waals surface area contributed by atoms with Gasteiger partial charge in [0.1, 0.15) is 19.0 Å². The number of aliphatic carboxylic acids is 1. The van der Waals surface area contributed by atoms with E-state index in [1.165, 1.54) is 0 Å². The van der Waals surface area contributed by atoms with E-state index in [-0.39, 0.29) is 25.4 Å². The number of hydrogen-bond donors (Lipinski definition) is 2. The van der Waals surface area contributed by atoms with Crippen LogP contribution in [0.25, 0.3) is 0 Å². The van der Waals surface area contributed by atoms with Gasteiger partial charge in [0, 0.05) is 18.5 Å². The van der Waals surface area contributed by atoms with E-state index in [0.717, 1.165) is 5.75 Å². The van der Waals surface area contributed by atoms with Gasteiger partial charge in [-0.2, -0.15) is 0 Å². The fourth-order valence-corrected chi connectivity index (χ4v) is 1.72. The highest BCUT2D eigenvalue weighted by Crippen LogP contribution is 2.12. The second-order valence-electron chi connectivity index (χ2n) is 4.85. The number of ether oxygens (including phenoxy) is 3. The molecule has 3 N–H and O–H groups in total. The molecule has 0 saturated carbocycles. The van der Waals surface area contributed by atoms with Crippen LogP contribution in [0.3, 0.4) is 0 Å². The molecule has 0 atom stereocenters. The molecule has 23 heavy (non-hydrogen) atoms. The smallest absolute Gasteiger partial charge is 0.305 e. The Labute approximate surface area is 135 Å². The van der Waals surface area contributed by atoms with Gasteiger partial charge in [-0.15, -0.1) is 0 Å². The SMILES string of the molecule is Nc1ccc(OCCOCCOC(=O)CCCCC(=O)O)cc1. The summed E-state index contributed by atoms with van der Waals surface area (Å²) in [6.45, 7) is 1.26. The van der Waals surface area contributed by atoms with Crippen LogP contribution < -0.4 is 10.5 Å². The van der Waals surface area contributed by atoms with Crippen molar-refractivity contribution in [3.63, 3.8) is 0 Å². The fraction of sp³-hybridized carbons (Fsp3) is 0.500. The number of nitrogens with two attached hydrogens (primary N) is 1. The lowest BCUT2D eigenvalue weighted by atomic mass is 10.2. The summed E-state index contributed by atoms with van der Waals surface area (Å²) in [6, 6.07) is 7.07. The third-order valence-electron chi connectivity index (χ3n) is 2.89. The predicted octanol–water partition coefficient (Wildman–Crippen LogP) is 1.85. The molecule has 7 heteroatoms. The standard InChI is InChI=1S/C16H23NO6/c17-13-5-7-14(8-6-13)22-11-9-21-10-12-23-16(20)4-2-1-3-15(18)19/h5-8H,1-4,9-12,17H2,(H,18,19). The number of carbonyl (C=O) groups is 2. The number of carbonyl (C=O) groups excluding carboxylic acids is 1. The zero-order valence-corrected chi connectivity index (χ0v) is 13.0. The molecule has 128 valence electrons. The van der Waals surface area contributed by atoms with E-state index in [2.05, 4.69) is 0 Å². The summed E-state index contributed by atoms with van der Waals surface area (Å²) in [5.41, 5.74) is 6.24. The number of benzene rings is 1. The summed E-state index contributed by atoms with van der Waals surface area (Å²) in [5, 5.41) is 8.46. The Bertz CT molecular complexity index is 474. The fourth-order valence-electron chi connectivity index (χ4n) is 1.72. The Kier molecular flexibility index (Phi) is 9.23. The van der Waals surface area contributed by atoms with E-state index >= 15 is 0 Å². The van der Waals surface area contributed by atoms with E-state index in [1.807, 2.05) is 0 Å². The number of carboxylic acids is 1. The second kappa shape index (κ2) is 11.3. The Morgan fingerprint density at radius 3 is 2.30 bits per heavy atom. The number of rotatable bonds is 12. The van der Waals surface area contributed by atoms with Gasteiger partial charge >= 0.3 is 11.9 Å². The summed E-state index contributed by atoms with van der Waals surface area (Å²) in [7, 11) is 0. The lowest BCUT2D eigenvalue weighted by Crippen LogP contribution is -2.13. The highest BCUT2D eigenvalue weighted by molar-refractivity contribution is 5.69. The molecular weight excluding hydrogens is 302 g/mol. The average Bonchev–Trinajstić information content (AvgIpc) is 2.52. The molecule has 0 aliphatic heterocycles. The second-order valence-corrected chi connectivity index (χ2v) is 4.85. The van der Waals surface area contributed by atoms with Crippen molar-refractivity contribution in [1.29, 1.82) is 0 Å². The maximum Gasteiger partial charge on any atom is 0.305 e. The topological polar surface area (TPSA) is 108 Å². The molecule has 0 fully saturated rings. The highest BCUT2D eigenvalue weighted by Gasteiger charge is 2.04. The van der Waals surface area contributed by atoms with Gasteiger partial charge in [-0.1, -0.05) is 0 Å². The van der Waals surface area contributed by atoms with Gasteiger partial charge in [-0.25, -0.2) is 0 Å². The number of anilines is 1. The van der Waals surface area contributed by atoms with Gasteiger partial charge in [0.2, 0.25) is 0 Å². The Hall–Kier alpha value is -2.28. The summed E-state index contributed by atoms with van der Waals surface area (Å²) in [4.78, 5) is 21.6. The minimum Gasteiger partial charge on any atom is -0.491 e. The molecule has 0 aliphatic rings. The van der Waals surface area contributed by atoms with Crippen LogP contribution in [-0.2, 0) is 19.1 Å². The molecule has 0 radical (unpaired) electrons. The summed E-state index contributed by atoms with van der Waals surface area (Å²) < 4.78 is 15.7. The number of esters is 1. The Balaban J connectivity index is 1.91. The maximum absolute atomic E-state index is 11.3. The number of hydrogen-bond acceptors (Lipinski definition) is 6. The molecule has 0 unspecified atom stereocenters. The van der Waals surface area contributed by atoms with E-state index in [9.17, 15) is 9.59 Å². The Morgan fingerprint density at radius 2 is 1.61 bits per heavy atom. The van der Waals surface area contributed by atoms with Crippen LogP contribution in [0.15, 0.2) is 24.3 Å². The first kappa shape index (κ1) is 18.8. The first-order chi connectivity index (χ1) is 11.1. The third-order valence-corrected chi connectivity index (χ3v) is 2.89. The molecule has 1 aromatic carbocycles. The first-order valence-electron chi connectivity index (χ1n) is 7.51. The van der Waals surface area contributed by atoms with Gasteiger partial charge < -0.3 is 25.1 Å². The average molecular weight is 325 g/mol. The normalized spacial score (nSPS) is 10.3. The molecule has 0 bridgehead atoms. The first-order valence-corrected chi connectivity index (χ1v) is 7.51. The molecule has 7 nitrogen and oxygen atoms in total. The molecule has 1 aromatic rings.